The third-order valence-corrected chi connectivity index (χ3v) is 12.5. The van der Waals surface area contributed by atoms with Gasteiger partial charge in [-0.2, -0.15) is 0 Å². The summed E-state index contributed by atoms with van der Waals surface area (Å²) in [5.41, 5.74) is 12.2. The Hall–Kier alpha value is -5.24. The second-order valence-corrected chi connectivity index (χ2v) is 16.8. The van der Waals surface area contributed by atoms with E-state index in [9.17, 15) is 0 Å². The van der Waals surface area contributed by atoms with E-state index in [2.05, 4.69) is 181 Å². The molecule has 0 aliphatic carbocycles. The largest absolute Gasteiger partial charge is 0.381 e. The van der Waals surface area contributed by atoms with E-state index in [1.54, 1.807) is 0 Å². The summed E-state index contributed by atoms with van der Waals surface area (Å²) in [4.78, 5) is 4.66. The van der Waals surface area contributed by atoms with Gasteiger partial charge in [-0.1, -0.05) is 98.8 Å². The van der Waals surface area contributed by atoms with E-state index >= 15 is 0 Å². The molecule has 0 N–H and O–H groups in total. The first kappa shape index (κ1) is 41.5. The first-order valence-electron chi connectivity index (χ1n) is 22.0. The topological polar surface area (TPSA) is 43.4 Å². The summed E-state index contributed by atoms with van der Waals surface area (Å²) in [6, 6.07) is 57.1. The standard InChI is InChI=1S/C54H60N2O4/c1-3-53(39-59-40-53)37-57-35-11-13-43-19-27-49(28-20-43)55(47-15-7-5-8-16-47)51-31-23-45(24-32-51)46-25-33-52(34-26-46)56(48-17-9-6-10-18-48)50-29-21-44(22-30-50)14-12-36-58-38-54(4-2)41-60-42-54/h5-10,15-34H,3-4,11-14,35-42H2,1-2H3. The molecule has 6 nitrogen and oxygen atoms in total. The van der Waals surface area contributed by atoms with Gasteiger partial charge in [-0.05, 0) is 134 Å². The summed E-state index contributed by atoms with van der Waals surface area (Å²) >= 11 is 0. The highest BCUT2D eigenvalue weighted by Gasteiger charge is 2.37. The van der Waals surface area contributed by atoms with Crippen LogP contribution in [-0.4, -0.2) is 52.9 Å². The Morgan fingerprint density at radius 3 is 1.03 bits per heavy atom. The SMILES string of the molecule is CCC1(COCCCc2ccc(N(c3ccccc3)c3ccc(-c4ccc(N(c5ccccc5)c5ccc(CCCOCC6(CC)COC6)cc5)cc4)cc3)cc2)COC1. The van der Waals surface area contributed by atoms with Crippen molar-refractivity contribution in [2.75, 3.05) is 62.7 Å². The maximum absolute atomic E-state index is 6.06. The van der Waals surface area contributed by atoms with Crippen molar-refractivity contribution < 1.29 is 18.9 Å². The van der Waals surface area contributed by atoms with Gasteiger partial charge >= 0.3 is 0 Å². The maximum Gasteiger partial charge on any atom is 0.0566 e. The van der Waals surface area contributed by atoms with Crippen LogP contribution in [0.4, 0.5) is 34.1 Å². The predicted molar refractivity (Wildman–Crippen MR) is 247 cm³/mol. The Kier molecular flexibility index (Phi) is 13.7. The van der Waals surface area contributed by atoms with Crippen LogP contribution < -0.4 is 9.80 Å². The number of hydrogen-bond acceptors (Lipinski definition) is 6. The van der Waals surface area contributed by atoms with Crippen molar-refractivity contribution >= 4 is 34.1 Å². The van der Waals surface area contributed by atoms with Crippen LogP contribution in [0.2, 0.25) is 0 Å². The third kappa shape index (κ3) is 10.0. The average Bonchev–Trinajstić information content (AvgIpc) is 3.27. The minimum atomic E-state index is 0.241. The molecule has 0 amide bonds. The number of aryl methyl sites for hydroxylation is 2. The van der Waals surface area contributed by atoms with Crippen LogP contribution >= 0.6 is 0 Å². The van der Waals surface area contributed by atoms with Crippen LogP contribution in [0.15, 0.2) is 158 Å². The zero-order chi connectivity index (χ0) is 41.0. The van der Waals surface area contributed by atoms with Crippen LogP contribution in [0.25, 0.3) is 11.1 Å². The van der Waals surface area contributed by atoms with Gasteiger partial charge in [0.2, 0.25) is 0 Å². The normalized spacial score (nSPS) is 15.2. The third-order valence-electron chi connectivity index (χ3n) is 12.5. The van der Waals surface area contributed by atoms with Gasteiger partial charge in [-0.25, -0.2) is 0 Å². The van der Waals surface area contributed by atoms with Crippen molar-refractivity contribution in [1.82, 2.24) is 0 Å². The molecule has 2 aliphatic rings. The lowest BCUT2D eigenvalue weighted by Gasteiger charge is -2.40. The van der Waals surface area contributed by atoms with Crippen molar-refractivity contribution in [3.05, 3.63) is 169 Å². The van der Waals surface area contributed by atoms with E-state index in [4.69, 9.17) is 18.9 Å². The Balaban J connectivity index is 0.919. The lowest BCUT2D eigenvalue weighted by molar-refractivity contribution is -0.150. The summed E-state index contributed by atoms with van der Waals surface area (Å²) in [6.45, 7) is 10.9. The van der Waals surface area contributed by atoms with E-state index in [0.29, 0.717) is 0 Å². The van der Waals surface area contributed by atoms with Crippen LogP contribution in [0.3, 0.4) is 0 Å². The number of benzene rings is 6. The zero-order valence-corrected chi connectivity index (χ0v) is 35.4. The molecule has 8 rings (SSSR count). The fraction of sp³-hybridized carbons (Fsp3) is 0.333. The summed E-state index contributed by atoms with van der Waals surface area (Å²) in [5, 5.41) is 0. The van der Waals surface area contributed by atoms with Gasteiger partial charge in [-0.3, -0.25) is 0 Å². The smallest absolute Gasteiger partial charge is 0.0566 e. The predicted octanol–water partition coefficient (Wildman–Crippen LogP) is 13.0. The fourth-order valence-electron chi connectivity index (χ4n) is 8.17. The second kappa shape index (κ2) is 19.9. The minimum absolute atomic E-state index is 0.241. The molecule has 2 heterocycles. The summed E-state index contributed by atoms with van der Waals surface area (Å²) < 4.78 is 23.0. The first-order chi connectivity index (χ1) is 29.6. The number of nitrogens with zero attached hydrogens (tertiary/aromatic N) is 2. The Morgan fingerprint density at radius 1 is 0.417 bits per heavy atom. The van der Waals surface area contributed by atoms with Crippen LogP contribution in [0, 0.1) is 10.8 Å². The summed E-state index contributed by atoms with van der Waals surface area (Å²) in [6.07, 6.45) is 6.24. The Labute approximate surface area is 357 Å². The van der Waals surface area contributed by atoms with Gasteiger partial charge < -0.3 is 28.7 Å². The molecule has 0 unspecified atom stereocenters. The van der Waals surface area contributed by atoms with Gasteiger partial charge in [0.25, 0.3) is 0 Å². The highest BCUT2D eigenvalue weighted by atomic mass is 16.5. The van der Waals surface area contributed by atoms with Crippen LogP contribution in [0.1, 0.15) is 50.7 Å². The Morgan fingerprint density at radius 2 is 0.733 bits per heavy atom. The molecule has 0 bridgehead atoms. The molecular weight excluding hydrogens is 741 g/mol. The van der Waals surface area contributed by atoms with E-state index in [1.165, 1.54) is 22.3 Å². The summed E-state index contributed by atoms with van der Waals surface area (Å²) in [5.74, 6) is 0. The van der Waals surface area contributed by atoms with E-state index in [-0.39, 0.29) is 10.8 Å². The van der Waals surface area contributed by atoms with Gasteiger partial charge in [0.15, 0.2) is 0 Å². The molecule has 6 aromatic rings. The number of hydrogen-bond donors (Lipinski definition) is 0. The number of rotatable bonds is 21. The van der Waals surface area contributed by atoms with Crippen molar-refractivity contribution in [1.29, 1.82) is 0 Å². The van der Waals surface area contributed by atoms with E-state index in [0.717, 1.165) is 126 Å². The quantitative estimate of drug-likeness (QED) is 0.0676. The molecule has 310 valence electrons. The molecule has 6 aromatic carbocycles. The van der Waals surface area contributed by atoms with Crippen molar-refractivity contribution in [2.24, 2.45) is 10.8 Å². The van der Waals surface area contributed by atoms with Gasteiger partial charge in [0, 0.05) is 58.2 Å². The monoisotopic (exact) mass is 800 g/mol. The fourth-order valence-corrected chi connectivity index (χ4v) is 8.17. The second-order valence-electron chi connectivity index (χ2n) is 16.8. The molecule has 0 aromatic heterocycles. The maximum atomic E-state index is 6.06. The number of para-hydroxylation sites is 2. The highest BCUT2D eigenvalue weighted by Crippen LogP contribution is 2.39. The molecule has 0 saturated carbocycles. The van der Waals surface area contributed by atoms with Gasteiger partial charge in [0.05, 0.1) is 39.6 Å². The highest BCUT2D eigenvalue weighted by molar-refractivity contribution is 5.80. The lowest BCUT2D eigenvalue weighted by atomic mass is 9.84. The van der Waals surface area contributed by atoms with Crippen molar-refractivity contribution in [2.45, 2.75) is 52.4 Å². The van der Waals surface area contributed by atoms with E-state index in [1.807, 2.05) is 0 Å². The molecule has 6 heteroatoms. The zero-order valence-electron chi connectivity index (χ0n) is 35.4. The molecule has 2 saturated heterocycles. The molecule has 0 spiro atoms. The van der Waals surface area contributed by atoms with Crippen LogP contribution in [-0.2, 0) is 31.8 Å². The first-order valence-corrected chi connectivity index (χ1v) is 22.0. The molecule has 60 heavy (non-hydrogen) atoms. The Bertz CT molecular complexity index is 2010. The number of ether oxygens (including phenoxy) is 4. The summed E-state index contributed by atoms with van der Waals surface area (Å²) in [7, 11) is 0. The van der Waals surface area contributed by atoms with Gasteiger partial charge in [0.1, 0.15) is 0 Å². The molecule has 0 atom stereocenters. The lowest BCUT2D eigenvalue weighted by Crippen LogP contribution is -2.45. The van der Waals surface area contributed by atoms with E-state index < -0.39 is 0 Å². The molecule has 0 radical (unpaired) electrons. The minimum Gasteiger partial charge on any atom is -0.381 e. The van der Waals surface area contributed by atoms with Crippen molar-refractivity contribution in [3.8, 4) is 11.1 Å². The molecule has 2 aliphatic heterocycles. The molecule has 2 fully saturated rings. The van der Waals surface area contributed by atoms with Crippen LogP contribution in [0.5, 0.6) is 0 Å². The molecular formula is C54H60N2O4. The van der Waals surface area contributed by atoms with Gasteiger partial charge in [-0.15, -0.1) is 0 Å². The average molecular weight is 801 g/mol. The number of anilines is 6. The van der Waals surface area contributed by atoms with Crippen molar-refractivity contribution in [3.63, 3.8) is 0 Å².